The molecule has 158 valence electrons. The Morgan fingerprint density at radius 1 is 1.37 bits per heavy atom. The number of anilines is 1. The maximum Gasteiger partial charge on any atom is 0.418 e. The Morgan fingerprint density at radius 3 is 2.80 bits per heavy atom. The van der Waals surface area contributed by atoms with Gasteiger partial charge in [0.15, 0.2) is 0 Å². The molecule has 0 bridgehead atoms. The van der Waals surface area contributed by atoms with Crippen LogP contribution >= 0.6 is 0 Å². The summed E-state index contributed by atoms with van der Waals surface area (Å²) in [5.41, 5.74) is -0.832. The van der Waals surface area contributed by atoms with E-state index in [-0.39, 0.29) is 24.3 Å². The summed E-state index contributed by atoms with van der Waals surface area (Å²) in [4.78, 5) is 16.2. The van der Waals surface area contributed by atoms with Crippen LogP contribution in [0.2, 0.25) is 0 Å². The molecule has 0 radical (unpaired) electrons. The number of methoxy groups -OCH3 is 1. The molecule has 2 N–H and O–H groups in total. The third-order valence-electron chi connectivity index (χ3n) is 5.31. The minimum absolute atomic E-state index is 0.142. The van der Waals surface area contributed by atoms with E-state index in [9.17, 15) is 23.1 Å². The van der Waals surface area contributed by atoms with Gasteiger partial charge in [0.2, 0.25) is 0 Å². The molecule has 1 amide bonds. The summed E-state index contributed by atoms with van der Waals surface area (Å²) in [6, 6.07) is 5.39. The molecule has 30 heavy (non-hydrogen) atoms. The standard InChI is InChI=1S/C20H19F3N4O3/c1-30-17-8-16-12(9-25-27(16)13-5-11(6-13)10-28)7-15(17)26-19(29)18-14(20(21,22)23)3-2-4-24-18/h2-4,7-9,11,13,28H,5-6,10H2,1H3,(H,26,29). The largest absolute Gasteiger partial charge is 0.494 e. The fourth-order valence-corrected chi connectivity index (χ4v) is 3.68. The fraction of sp³-hybridized carbons (Fsp3) is 0.350. The van der Waals surface area contributed by atoms with Crippen molar-refractivity contribution in [1.29, 1.82) is 0 Å². The number of amides is 1. The molecule has 4 rings (SSSR count). The van der Waals surface area contributed by atoms with Crippen LogP contribution in [0.4, 0.5) is 18.9 Å². The van der Waals surface area contributed by atoms with E-state index < -0.39 is 23.3 Å². The van der Waals surface area contributed by atoms with E-state index in [1.807, 2.05) is 4.68 Å². The zero-order chi connectivity index (χ0) is 21.5. The Hall–Kier alpha value is -3.14. The van der Waals surface area contributed by atoms with Gasteiger partial charge >= 0.3 is 6.18 Å². The molecule has 0 spiro atoms. The number of aromatic nitrogens is 3. The number of benzene rings is 1. The van der Waals surface area contributed by atoms with Gasteiger partial charge in [-0.05, 0) is 37.0 Å². The second kappa shape index (κ2) is 7.60. The van der Waals surface area contributed by atoms with Crippen LogP contribution in [-0.2, 0) is 6.18 Å². The van der Waals surface area contributed by atoms with E-state index in [2.05, 4.69) is 15.4 Å². The van der Waals surface area contributed by atoms with Crippen LogP contribution in [0, 0.1) is 5.92 Å². The normalized spacial score (nSPS) is 18.8. The Labute approximate surface area is 169 Å². The zero-order valence-corrected chi connectivity index (χ0v) is 16.0. The number of ether oxygens (including phenoxy) is 1. The molecule has 2 aromatic heterocycles. The number of nitrogens with zero attached hydrogens (tertiary/aromatic N) is 3. The van der Waals surface area contributed by atoms with Gasteiger partial charge in [-0.25, -0.2) is 0 Å². The summed E-state index contributed by atoms with van der Waals surface area (Å²) in [5.74, 6) is -0.436. The maximum absolute atomic E-state index is 13.2. The van der Waals surface area contributed by atoms with Gasteiger partial charge in [-0.2, -0.15) is 18.3 Å². The number of pyridine rings is 1. The quantitative estimate of drug-likeness (QED) is 0.658. The van der Waals surface area contributed by atoms with Gasteiger partial charge in [0.25, 0.3) is 5.91 Å². The second-order valence-corrected chi connectivity index (χ2v) is 7.23. The average molecular weight is 420 g/mol. The number of rotatable bonds is 5. The molecule has 1 aliphatic carbocycles. The van der Waals surface area contributed by atoms with Crippen LogP contribution in [0.3, 0.4) is 0 Å². The van der Waals surface area contributed by atoms with Crippen LogP contribution < -0.4 is 10.1 Å². The molecule has 1 saturated carbocycles. The molecule has 0 unspecified atom stereocenters. The van der Waals surface area contributed by atoms with E-state index in [1.165, 1.54) is 7.11 Å². The lowest BCUT2D eigenvalue weighted by molar-refractivity contribution is -0.138. The lowest BCUT2D eigenvalue weighted by atomic mass is 9.81. The summed E-state index contributed by atoms with van der Waals surface area (Å²) in [6.07, 6.45) is -0.321. The Bertz CT molecular complexity index is 1090. The summed E-state index contributed by atoms with van der Waals surface area (Å²) in [6.45, 7) is 0.142. The first-order valence-electron chi connectivity index (χ1n) is 9.31. The van der Waals surface area contributed by atoms with Crippen LogP contribution in [0.1, 0.15) is 34.9 Å². The van der Waals surface area contributed by atoms with E-state index in [4.69, 9.17) is 4.74 Å². The summed E-state index contributed by atoms with van der Waals surface area (Å²) < 4.78 is 46.8. The molecule has 0 aliphatic heterocycles. The topological polar surface area (TPSA) is 89.3 Å². The number of carbonyl (C=O) groups is 1. The van der Waals surface area contributed by atoms with Gasteiger partial charge in [0.05, 0.1) is 36.1 Å². The highest BCUT2D eigenvalue weighted by molar-refractivity contribution is 6.06. The highest BCUT2D eigenvalue weighted by atomic mass is 19.4. The Morgan fingerprint density at radius 2 is 2.13 bits per heavy atom. The lowest BCUT2D eigenvalue weighted by Gasteiger charge is -2.34. The van der Waals surface area contributed by atoms with E-state index >= 15 is 0 Å². The minimum Gasteiger partial charge on any atom is -0.494 e. The van der Waals surface area contributed by atoms with Crippen molar-refractivity contribution in [2.24, 2.45) is 5.92 Å². The number of halogens is 3. The van der Waals surface area contributed by atoms with Crippen molar-refractivity contribution in [2.45, 2.75) is 25.1 Å². The van der Waals surface area contributed by atoms with Gasteiger partial charge < -0.3 is 15.2 Å². The SMILES string of the molecule is COc1cc2c(cnn2C2CC(CO)C2)cc1NC(=O)c1ncccc1C(F)(F)F. The molecule has 10 heteroatoms. The van der Waals surface area contributed by atoms with Gasteiger partial charge in [-0.3, -0.25) is 14.5 Å². The Kier molecular flexibility index (Phi) is 5.10. The number of aliphatic hydroxyl groups is 1. The van der Waals surface area contributed by atoms with Gasteiger partial charge in [0.1, 0.15) is 11.4 Å². The smallest absolute Gasteiger partial charge is 0.418 e. The first kappa shape index (κ1) is 20.1. The monoisotopic (exact) mass is 420 g/mol. The molecule has 1 aromatic carbocycles. The average Bonchev–Trinajstić information content (AvgIpc) is 3.08. The first-order chi connectivity index (χ1) is 14.3. The van der Waals surface area contributed by atoms with Crippen molar-refractivity contribution in [3.8, 4) is 5.75 Å². The number of nitrogens with one attached hydrogen (secondary N) is 1. The van der Waals surface area contributed by atoms with Crippen LogP contribution in [0.15, 0.2) is 36.7 Å². The third-order valence-corrected chi connectivity index (χ3v) is 5.31. The van der Waals surface area contributed by atoms with Crippen LogP contribution in [0.25, 0.3) is 10.9 Å². The van der Waals surface area contributed by atoms with Crippen molar-refractivity contribution in [2.75, 3.05) is 19.0 Å². The maximum atomic E-state index is 13.2. The molecular formula is C20H19F3N4O3. The Balaban J connectivity index is 1.65. The predicted octanol–water partition coefficient (Wildman–Crippen LogP) is 3.65. The van der Waals surface area contributed by atoms with Gasteiger partial charge in [-0.15, -0.1) is 0 Å². The number of carbonyl (C=O) groups excluding carboxylic acids is 1. The molecule has 7 nitrogen and oxygen atoms in total. The van der Waals surface area contributed by atoms with E-state index in [0.717, 1.165) is 36.7 Å². The number of aliphatic hydroxyl groups excluding tert-OH is 1. The third kappa shape index (κ3) is 3.58. The van der Waals surface area contributed by atoms with Crippen molar-refractivity contribution in [3.63, 3.8) is 0 Å². The van der Waals surface area contributed by atoms with Crippen molar-refractivity contribution in [1.82, 2.24) is 14.8 Å². The highest BCUT2D eigenvalue weighted by Crippen LogP contribution is 2.40. The van der Waals surface area contributed by atoms with Crippen LogP contribution in [-0.4, -0.2) is 39.5 Å². The van der Waals surface area contributed by atoms with Crippen LogP contribution in [0.5, 0.6) is 5.75 Å². The van der Waals surface area contributed by atoms with E-state index in [1.54, 1.807) is 18.3 Å². The van der Waals surface area contributed by atoms with Crippen molar-refractivity contribution >= 4 is 22.5 Å². The summed E-state index contributed by atoms with van der Waals surface area (Å²) in [5, 5.41) is 16.8. The predicted molar refractivity (Wildman–Crippen MR) is 102 cm³/mol. The number of hydrogen-bond donors (Lipinski definition) is 2. The summed E-state index contributed by atoms with van der Waals surface area (Å²) in [7, 11) is 1.41. The number of alkyl halides is 3. The molecule has 1 fully saturated rings. The number of hydrogen-bond acceptors (Lipinski definition) is 5. The summed E-state index contributed by atoms with van der Waals surface area (Å²) >= 11 is 0. The molecule has 1 aliphatic rings. The molecule has 2 heterocycles. The van der Waals surface area contributed by atoms with Gasteiger partial charge in [-0.1, -0.05) is 0 Å². The van der Waals surface area contributed by atoms with Crippen molar-refractivity contribution in [3.05, 3.63) is 47.9 Å². The second-order valence-electron chi connectivity index (χ2n) is 7.23. The molecule has 0 atom stereocenters. The minimum atomic E-state index is -4.70. The van der Waals surface area contributed by atoms with Crippen molar-refractivity contribution < 1.29 is 27.8 Å². The molecular weight excluding hydrogens is 401 g/mol. The lowest BCUT2D eigenvalue weighted by Crippen LogP contribution is -2.29. The highest BCUT2D eigenvalue weighted by Gasteiger charge is 2.36. The first-order valence-corrected chi connectivity index (χ1v) is 9.31. The van der Waals surface area contributed by atoms with Gasteiger partial charge in [0, 0.05) is 24.3 Å². The number of fused-ring (bicyclic) bond motifs is 1. The molecule has 3 aromatic rings. The zero-order valence-electron chi connectivity index (χ0n) is 16.0. The molecule has 0 saturated heterocycles. The van der Waals surface area contributed by atoms with E-state index in [0.29, 0.717) is 11.1 Å². The fourth-order valence-electron chi connectivity index (χ4n) is 3.68.